The fourth-order valence-corrected chi connectivity index (χ4v) is 3.96. The first-order valence-electron chi connectivity index (χ1n) is 9.72. The molecule has 1 heterocycles. The highest BCUT2D eigenvalue weighted by Crippen LogP contribution is 2.27. The number of nitrogens with one attached hydrogen (secondary N) is 2. The second-order valence-electron chi connectivity index (χ2n) is 7.27. The Morgan fingerprint density at radius 2 is 1.78 bits per heavy atom. The standard InChI is InChI=1S/C23H24N2O2/c26-22(12-6-9-16-7-2-1-3-8-16)24-17-13-14-19-18-10-4-5-11-20(18)23(27)25-21(19)15-17/h1-3,7-8,13-15H,4-6,9-12H2,(H,24,26)(H,25,27). The largest absolute Gasteiger partial charge is 0.326 e. The van der Waals surface area contributed by atoms with Gasteiger partial charge in [0.05, 0.1) is 5.52 Å². The van der Waals surface area contributed by atoms with Gasteiger partial charge >= 0.3 is 0 Å². The summed E-state index contributed by atoms with van der Waals surface area (Å²) in [5, 5.41) is 4.06. The van der Waals surface area contributed by atoms with E-state index >= 15 is 0 Å². The van der Waals surface area contributed by atoms with E-state index in [1.165, 1.54) is 11.1 Å². The molecule has 1 aliphatic carbocycles. The van der Waals surface area contributed by atoms with Crippen LogP contribution in [0.25, 0.3) is 10.9 Å². The molecule has 1 aromatic heterocycles. The van der Waals surface area contributed by atoms with Crippen molar-refractivity contribution in [3.63, 3.8) is 0 Å². The zero-order chi connectivity index (χ0) is 18.6. The molecular weight excluding hydrogens is 336 g/mol. The second kappa shape index (κ2) is 7.78. The lowest BCUT2D eigenvalue weighted by Gasteiger charge is -2.17. The Balaban J connectivity index is 1.44. The maximum absolute atomic E-state index is 12.3. The first-order chi connectivity index (χ1) is 13.2. The van der Waals surface area contributed by atoms with Gasteiger partial charge in [-0.15, -0.1) is 0 Å². The van der Waals surface area contributed by atoms with Crippen LogP contribution in [-0.2, 0) is 24.1 Å². The number of amides is 1. The van der Waals surface area contributed by atoms with Crippen LogP contribution in [0.1, 0.15) is 42.4 Å². The topological polar surface area (TPSA) is 62.0 Å². The maximum atomic E-state index is 12.3. The molecule has 0 radical (unpaired) electrons. The Bertz CT molecular complexity index is 1020. The highest BCUT2D eigenvalue weighted by molar-refractivity contribution is 5.94. The Morgan fingerprint density at radius 3 is 2.59 bits per heavy atom. The predicted molar refractivity (Wildman–Crippen MR) is 109 cm³/mol. The number of aromatic nitrogens is 1. The number of carbonyl (C=O) groups excluding carboxylic acids is 1. The summed E-state index contributed by atoms with van der Waals surface area (Å²) in [4.78, 5) is 27.6. The summed E-state index contributed by atoms with van der Waals surface area (Å²) in [6.45, 7) is 0. The van der Waals surface area contributed by atoms with Gasteiger partial charge in [0, 0.05) is 23.1 Å². The number of pyridine rings is 1. The van der Waals surface area contributed by atoms with E-state index in [9.17, 15) is 9.59 Å². The average molecular weight is 360 g/mol. The summed E-state index contributed by atoms with van der Waals surface area (Å²) in [5.41, 5.74) is 4.93. The van der Waals surface area contributed by atoms with Crippen LogP contribution in [0.15, 0.2) is 53.3 Å². The van der Waals surface area contributed by atoms with Crippen molar-refractivity contribution in [3.8, 4) is 0 Å². The molecule has 3 aromatic rings. The van der Waals surface area contributed by atoms with Crippen LogP contribution >= 0.6 is 0 Å². The average Bonchev–Trinajstić information content (AvgIpc) is 2.69. The van der Waals surface area contributed by atoms with E-state index in [1.54, 1.807) is 0 Å². The third kappa shape index (κ3) is 3.95. The Kier molecular flexibility index (Phi) is 5.05. The van der Waals surface area contributed by atoms with Gasteiger partial charge in [-0.1, -0.05) is 36.4 Å². The molecule has 27 heavy (non-hydrogen) atoms. The molecule has 0 fully saturated rings. The van der Waals surface area contributed by atoms with Crippen LogP contribution in [-0.4, -0.2) is 10.9 Å². The number of aryl methyl sites for hydroxylation is 2. The molecule has 0 aliphatic heterocycles. The van der Waals surface area contributed by atoms with Gasteiger partial charge in [-0.3, -0.25) is 9.59 Å². The van der Waals surface area contributed by atoms with E-state index in [-0.39, 0.29) is 11.5 Å². The molecule has 4 rings (SSSR count). The van der Waals surface area contributed by atoms with Crippen LogP contribution in [0, 0.1) is 0 Å². The van der Waals surface area contributed by atoms with Crippen molar-refractivity contribution in [2.45, 2.75) is 44.9 Å². The van der Waals surface area contributed by atoms with Crippen LogP contribution in [0.3, 0.4) is 0 Å². The number of anilines is 1. The summed E-state index contributed by atoms with van der Waals surface area (Å²) in [6.07, 6.45) is 6.22. The fourth-order valence-electron chi connectivity index (χ4n) is 3.96. The smallest absolute Gasteiger partial charge is 0.251 e. The van der Waals surface area contributed by atoms with Crippen LogP contribution < -0.4 is 10.9 Å². The molecule has 0 saturated heterocycles. The van der Waals surface area contributed by atoms with Gasteiger partial charge in [-0.25, -0.2) is 0 Å². The van der Waals surface area contributed by atoms with E-state index in [0.29, 0.717) is 6.42 Å². The van der Waals surface area contributed by atoms with Crippen molar-refractivity contribution >= 4 is 22.5 Å². The van der Waals surface area contributed by atoms with Crippen molar-refractivity contribution in [3.05, 3.63) is 75.6 Å². The summed E-state index contributed by atoms with van der Waals surface area (Å²) in [6, 6.07) is 16.0. The Morgan fingerprint density at radius 1 is 1.00 bits per heavy atom. The van der Waals surface area contributed by atoms with Crippen molar-refractivity contribution in [1.82, 2.24) is 4.98 Å². The molecule has 4 heteroatoms. The van der Waals surface area contributed by atoms with Gasteiger partial charge in [0.15, 0.2) is 0 Å². The first-order valence-corrected chi connectivity index (χ1v) is 9.72. The zero-order valence-electron chi connectivity index (χ0n) is 15.4. The SMILES string of the molecule is O=C(CCCc1ccccc1)Nc1ccc2c3c(c(=O)[nH]c2c1)CCCC3. The summed E-state index contributed by atoms with van der Waals surface area (Å²) >= 11 is 0. The summed E-state index contributed by atoms with van der Waals surface area (Å²) < 4.78 is 0. The van der Waals surface area contributed by atoms with Crippen molar-refractivity contribution < 1.29 is 4.79 Å². The van der Waals surface area contributed by atoms with E-state index in [2.05, 4.69) is 22.4 Å². The summed E-state index contributed by atoms with van der Waals surface area (Å²) in [7, 11) is 0. The lowest BCUT2D eigenvalue weighted by atomic mass is 9.90. The number of H-pyrrole nitrogens is 1. The molecule has 4 nitrogen and oxygen atoms in total. The molecule has 0 bridgehead atoms. The third-order valence-corrected chi connectivity index (χ3v) is 5.33. The normalized spacial score (nSPS) is 13.3. The van der Waals surface area contributed by atoms with E-state index < -0.39 is 0 Å². The Hall–Kier alpha value is -2.88. The first kappa shape index (κ1) is 17.5. The number of carbonyl (C=O) groups is 1. The molecule has 0 atom stereocenters. The van der Waals surface area contributed by atoms with Gasteiger partial charge < -0.3 is 10.3 Å². The highest BCUT2D eigenvalue weighted by atomic mass is 16.1. The highest BCUT2D eigenvalue weighted by Gasteiger charge is 2.16. The van der Waals surface area contributed by atoms with Crippen LogP contribution in [0.4, 0.5) is 5.69 Å². The number of hydrogen-bond acceptors (Lipinski definition) is 2. The van der Waals surface area contributed by atoms with Gasteiger partial charge in [-0.2, -0.15) is 0 Å². The Labute approximate surface area is 158 Å². The van der Waals surface area contributed by atoms with E-state index in [0.717, 1.165) is 60.7 Å². The molecule has 138 valence electrons. The van der Waals surface area contributed by atoms with Gasteiger partial charge in [-0.05, 0) is 61.8 Å². The van der Waals surface area contributed by atoms with E-state index in [1.807, 2.05) is 36.4 Å². The minimum absolute atomic E-state index is 0.00517. The summed E-state index contributed by atoms with van der Waals surface area (Å²) in [5.74, 6) is 0.00517. The number of aromatic amines is 1. The second-order valence-corrected chi connectivity index (χ2v) is 7.27. The maximum Gasteiger partial charge on any atom is 0.251 e. The molecule has 0 unspecified atom stereocenters. The molecule has 0 saturated carbocycles. The van der Waals surface area contributed by atoms with Crippen LogP contribution in [0.2, 0.25) is 0 Å². The molecule has 1 amide bonds. The molecule has 1 aliphatic rings. The molecule has 0 spiro atoms. The number of benzene rings is 2. The van der Waals surface area contributed by atoms with Gasteiger partial charge in [0.2, 0.25) is 5.91 Å². The predicted octanol–water partition coefficient (Wildman–Crippen LogP) is 4.37. The van der Waals surface area contributed by atoms with E-state index in [4.69, 9.17) is 0 Å². The minimum atomic E-state index is 0.00517. The van der Waals surface area contributed by atoms with Crippen molar-refractivity contribution in [1.29, 1.82) is 0 Å². The van der Waals surface area contributed by atoms with Crippen LogP contribution in [0.5, 0.6) is 0 Å². The quantitative estimate of drug-likeness (QED) is 0.710. The van der Waals surface area contributed by atoms with Crippen molar-refractivity contribution in [2.24, 2.45) is 0 Å². The van der Waals surface area contributed by atoms with Gasteiger partial charge in [0.25, 0.3) is 5.56 Å². The molecule has 2 aromatic carbocycles. The molecule has 2 N–H and O–H groups in total. The lowest BCUT2D eigenvalue weighted by molar-refractivity contribution is -0.116. The fraction of sp³-hybridized carbons (Fsp3) is 0.304. The molecular formula is C23H24N2O2. The lowest BCUT2D eigenvalue weighted by Crippen LogP contribution is -2.19. The zero-order valence-corrected chi connectivity index (χ0v) is 15.4. The number of fused-ring (bicyclic) bond motifs is 3. The monoisotopic (exact) mass is 360 g/mol. The third-order valence-electron chi connectivity index (χ3n) is 5.33. The van der Waals surface area contributed by atoms with Crippen molar-refractivity contribution in [2.75, 3.05) is 5.32 Å². The minimum Gasteiger partial charge on any atom is -0.326 e. The number of rotatable bonds is 5. The number of hydrogen-bond donors (Lipinski definition) is 2. The van der Waals surface area contributed by atoms with Gasteiger partial charge in [0.1, 0.15) is 0 Å².